The molecule has 0 amide bonds. The topological polar surface area (TPSA) is 0 Å². The van der Waals surface area contributed by atoms with E-state index in [2.05, 4.69) is 38.1 Å². The number of benzene rings is 1. The molecule has 0 saturated carbocycles. The maximum atomic E-state index is 4.97. The molecule has 1 aromatic carbocycles. The van der Waals surface area contributed by atoms with Crippen molar-refractivity contribution in [3.05, 3.63) is 35.4 Å². The molecule has 0 aromatic heterocycles. The van der Waals surface area contributed by atoms with Crippen LogP contribution in [0.25, 0.3) is 0 Å². The van der Waals surface area contributed by atoms with Gasteiger partial charge in [0.05, 0.1) is 0 Å². The minimum absolute atomic E-state index is 0.553. The molecule has 0 heterocycles. The summed E-state index contributed by atoms with van der Waals surface area (Å²) in [7, 11) is 0. The van der Waals surface area contributed by atoms with Crippen molar-refractivity contribution in [2.24, 2.45) is 5.92 Å². The molecule has 13 heavy (non-hydrogen) atoms. The van der Waals surface area contributed by atoms with E-state index in [0.29, 0.717) is 5.92 Å². The van der Waals surface area contributed by atoms with Gasteiger partial charge in [0.15, 0.2) is 0 Å². The summed E-state index contributed by atoms with van der Waals surface area (Å²) in [5.41, 5.74) is 2.71. The molecule has 0 fully saturated rings. The molecule has 0 aliphatic heterocycles. The smallest absolute Gasteiger partial charge is 0.00907 e. The van der Waals surface area contributed by atoms with Crippen LogP contribution in [0.15, 0.2) is 24.3 Å². The van der Waals surface area contributed by atoms with Crippen LogP contribution in [0.5, 0.6) is 0 Å². The van der Waals surface area contributed by atoms with Crippen molar-refractivity contribution in [3.8, 4) is 0 Å². The normalized spacial score (nSPS) is 12.5. The zero-order chi connectivity index (χ0) is 9.68. The summed E-state index contributed by atoms with van der Waals surface area (Å²) >= 11 is 4.97. The van der Waals surface area contributed by atoms with Crippen LogP contribution in [-0.2, 0) is 6.42 Å². The molecule has 0 spiro atoms. The predicted molar refractivity (Wildman–Crippen MR) is 62.3 cm³/mol. The first-order chi connectivity index (χ1) is 6.26. The Labute approximate surface area is 86.0 Å². The number of thiocarbonyl (C=S) groups is 1. The average molecular weight is 192 g/mol. The summed E-state index contributed by atoms with van der Waals surface area (Å²) in [6, 6.07) is 8.70. The minimum Gasteiger partial charge on any atom is -0.0932 e. The van der Waals surface area contributed by atoms with Crippen LogP contribution in [0, 0.1) is 12.8 Å². The average Bonchev–Trinajstić information content (AvgIpc) is 2.17. The summed E-state index contributed by atoms with van der Waals surface area (Å²) in [6.07, 6.45) is 2.22. The fourth-order valence-corrected chi connectivity index (χ4v) is 1.60. The van der Waals surface area contributed by atoms with Gasteiger partial charge in [-0.15, -0.1) is 0 Å². The predicted octanol–water partition coefficient (Wildman–Crippen LogP) is 3.56. The molecular weight excluding hydrogens is 176 g/mol. The molecule has 1 atom stereocenters. The maximum absolute atomic E-state index is 4.97. The third-order valence-corrected chi connectivity index (χ3v) is 2.72. The largest absolute Gasteiger partial charge is 0.0932 e. The van der Waals surface area contributed by atoms with Gasteiger partial charge in [-0.3, -0.25) is 0 Å². The van der Waals surface area contributed by atoms with Gasteiger partial charge in [0, 0.05) is 0 Å². The Kier molecular flexibility index (Phi) is 4.10. The second-order valence-corrected chi connectivity index (χ2v) is 3.77. The minimum atomic E-state index is 0.553. The molecule has 0 N–H and O–H groups in total. The van der Waals surface area contributed by atoms with Crippen molar-refractivity contribution < 1.29 is 0 Å². The Morgan fingerprint density at radius 2 is 1.92 bits per heavy atom. The van der Waals surface area contributed by atoms with E-state index in [1.807, 2.05) is 5.37 Å². The maximum Gasteiger partial charge on any atom is -0.00907 e. The van der Waals surface area contributed by atoms with Gasteiger partial charge in [-0.25, -0.2) is 0 Å². The standard InChI is InChI=1S/C12H16S/c1-3-11(9-13)8-12-6-4-10(2)5-7-12/h4-7,9,11H,3,8H2,1-2H3. The van der Waals surface area contributed by atoms with E-state index < -0.39 is 0 Å². The van der Waals surface area contributed by atoms with Crippen molar-refractivity contribution in [2.45, 2.75) is 26.7 Å². The van der Waals surface area contributed by atoms with Crippen molar-refractivity contribution >= 4 is 17.6 Å². The highest BCUT2D eigenvalue weighted by atomic mass is 32.1. The van der Waals surface area contributed by atoms with Gasteiger partial charge in [0.25, 0.3) is 0 Å². The fraction of sp³-hybridized carbons (Fsp3) is 0.417. The first-order valence-electron chi connectivity index (χ1n) is 4.77. The molecular formula is C12H16S. The lowest BCUT2D eigenvalue weighted by atomic mass is 9.98. The summed E-state index contributed by atoms with van der Waals surface area (Å²) in [6.45, 7) is 4.29. The van der Waals surface area contributed by atoms with Gasteiger partial charge in [0.2, 0.25) is 0 Å². The Bertz CT molecular complexity index is 261. The van der Waals surface area contributed by atoms with Gasteiger partial charge in [-0.1, -0.05) is 49.0 Å². The molecule has 0 aliphatic rings. The molecule has 70 valence electrons. The number of hydrogen-bond acceptors (Lipinski definition) is 1. The lowest BCUT2D eigenvalue weighted by Gasteiger charge is -2.08. The van der Waals surface area contributed by atoms with Gasteiger partial charge in [-0.05, 0) is 36.6 Å². The fourth-order valence-electron chi connectivity index (χ4n) is 1.32. The van der Waals surface area contributed by atoms with Crippen LogP contribution in [0.3, 0.4) is 0 Å². The van der Waals surface area contributed by atoms with Crippen LogP contribution in [0.4, 0.5) is 0 Å². The Morgan fingerprint density at radius 1 is 1.31 bits per heavy atom. The zero-order valence-electron chi connectivity index (χ0n) is 8.29. The lowest BCUT2D eigenvalue weighted by molar-refractivity contribution is 0.681. The molecule has 1 aromatic rings. The van der Waals surface area contributed by atoms with Crippen LogP contribution in [0.2, 0.25) is 0 Å². The van der Waals surface area contributed by atoms with Crippen LogP contribution < -0.4 is 0 Å². The van der Waals surface area contributed by atoms with E-state index in [-0.39, 0.29) is 0 Å². The summed E-state index contributed by atoms with van der Waals surface area (Å²) < 4.78 is 0. The van der Waals surface area contributed by atoms with Crippen molar-refractivity contribution in [2.75, 3.05) is 0 Å². The number of hydrogen-bond donors (Lipinski definition) is 0. The molecule has 1 heteroatoms. The van der Waals surface area contributed by atoms with Gasteiger partial charge >= 0.3 is 0 Å². The van der Waals surface area contributed by atoms with E-state index in [1.165, 1.54) is 11.1 Å². The summed E-state index contributed by atoms with van der Waals surface area (Å²) in [4.78, 5) is 0. The zero-order valence-corrected chi connectivity index (χ0v) is 9.10. The molecule has 1 rings (SSSR count). The SMILES string of the molecule is CCC(C=S)Cc1ccc(C)cc1. The quantitative estimate of drug-likeness (QED) is 0.657. The molecule has 0 nitrogen and oxygen atoms in total. The Morgan fingerprint density at radius 3 is 2.38 bits per heavy atom. The highest BCUT2D eigenvalue weighted by Crippen LogP contribution is 2.11. The van der Waals surface area contributed by atoms with E-state index in [4.69, 9.17) is 12.2 Å². The molecule has 0 bridgehead atoms. The van der Waals surface area contributed by atoms with E-state index >= 15 is 0 Å². The van der Waals surface area contributed by atoms with E-state index in [0.717, 1.165) is 12.8 Å². The third-order valence-electron chi connectivity index (χ3n) is 2.34. The van der Waals surface area contributed by atoms with Crippen LogP contribution in [0.1, 0.15) is 24.5 Å². The van der Waals surface area contributed by atoms with Gasteiger partial charge in [-0.2, -0.15) is 0 Å². The molecule has 0 radical (unpaired) electrons. The van der Waals surface area contributed by atoms with Crippen molar-refractivity contribution in [3.63, 3.8) is 0 Å². The highest BCUT2D eigenvalue weighted by molar-refractivity contribution is 7.79. The summed E-state index contributed by atoms with van der Waals surface area (Å²) in [5, 5.41) is 1.89. The second-order valence-electron chi connectivity index (χ2n) is 3.49. The Hall–Kier alpha value is -0.690. The van der Waals surface area contributed by atoms with Crippen LogP contribution in [-0.4, -0.2) is 5.37 Å². The van der Waals surface area contributed by atoms with Gasteiger partial charge in [0.1, 0.15) is 0 Å². The summed E-state index contributed by atoms with van der Waals surface area (Å²) in [5.74, 6) is 0.553. The van der Waals surface area contributed by atoms with Crippen molar-refractivity contribution in [1.29, 1.82) is 0 Å². The van der Waals surface area contributed by atoms with Crippen molar-refractivity contribution in [1.82, 2.24) is 0 Å². The molecule has 0 saturated heterocycles. The third kappa shape index (κ3) is 3.27. The first-order valence-corrected chi connectivity index (χ1v) is 5.24. The van der Waals surface area contributed by atoms with Gasteiger partial charge < -0.3 is 0 Å². The molecule has 0 aliphatic carbocycles. The highest BCUT2D eigenvalue weighted by Gasteiger charge is 2.02. The van der Waals surface area contributed by atoms with E-state index in [1.54, 1.807) is 0 Å². The first kappa shape index (κ1) is 10.4. The monoisotopic (exact) mass is 192 g/mol. The number of rotatable bonds is 4. The van der Waals surface area contributed by atoms with Crippen LogP contribution >= 0.6 is 12.2 Å². The lowest BCUT2D eigenvalue weighted by Crippen LogP contribution is -2.02. The number of aryl methyl sites for hydroxylation is 1. The van der Waals surface area contributed by atoms with E-state index in [9.17, 15) is 0 Å². The molecule has 1 unspecified atom stereocenters. The second kappa shape index (κ2) is 5.13. The Balaban J connectivity index is 2.63.